The normalized spacial score (nSPS) is 22.0. The molecule has 0 aliphatic carbocycles. The van der Waals surface area contributed by atoms with E-state index in [0.717, 1.165) is 17.2 Å². The van der Waals surface area contributed by atoms with E-state index >= 15 is 0 Å². The smallest absolute Gasteiger partial charge is 0.104 e. The van der Waals surface area contributed by atoms with E-state index in [1.807, 2.05) is 31.2 Å². The van der Waals surface area contributed by atoms with Crippen LogP contribution in [0.4, 0.5) is 0 Å². The fraction of sp³-hybridized carbons (Fsp3) is 0.455. The van der Waals surface area contributed by atoms with Crippen LogP contribution in [0.1, 0.15) is 18.6 Å². The van der Waals surface area contributed by atoms with Crippen LogP contribution in [0.25, 0.3) is 0 Å². The van der Waals surface area contributed by atoms with Crippen molar-refractivity contribution in [2.45, 2.75) is 19.1 Å². The lowest BCUT2D eigenvalue weighted by Crippen LogP contribution is -2.05. The van der Waals surface area contributed by atoms with Gasteiger partial charge in [-0.3, -0.25) is 0 Å². The summed E-state index contributed by atoms with van der Waals surface area (Å²) in [7, 11) is 0. The highest BCUT2D eigenvalue weighted by Gasteiger charge is 2.23. The van der Waals surface area contributed by atoms with Crippen LogP contribution in [0, 0.1) is 0 Å². The minimum atomic E-state index is 0.108. The third-order valence-electron chi connectivity index (χ3n) is 2.27. The summed E-state index contributed by atoms with van der Waals surface area (Å²) in [6, 6.07) is 7.73. The van der Waals surface area contributed by atoms with Gasteiger partial charge in [-0.25, -0.2) is 0 Å². The largest absolute Gasteiger partial charge is 0.371 e. The molecule has 1 heterocycles. The number of hydrogen-bond donors (Lipinski definition) is 0. The van der Waals surface area contributed by atoms with Crippen LogP contribution in [0.2, 0.25) is 5.02 Å². The Bertz CT molecular complexity index is 293. The summed E-state index contributed by atoms with van der Waals surface area (Å²) in [5.41, 5.74) is 1.15. The van der Waals surface area contributed by atoms with Crippen molar-refractivity contribution in [3.63, 3.8) is 0 Å². The predicted octanol–water partition coefficient (Wildman–Crippen LogP) is 2.82. The van der Waals surface area contributed by atoms with E-state index in [4.69, 9.17) is 21.1 Å². The molecule has 2 nitrogen and oxygen atoms in total. The Morgan fingerprint density at radius 2 is 2.14 bits per heavy atom. The lowest BCUT2D eigenvalue weighted by Gasteiger charge is -2.12. The number of hydrogen-bond acceptors (Lipinski definition) is 2. The van der Waals surface area contributed by atoms with Gasteiger partial charge < -0.3 is 9.47 Å². The van der Waals surface area contributed by atoms with E-state index in [9.17, 15) is 0 Å². The van der Waals surface area contributed by atoms with Crippen molar-refractivity contribution in [2.75, 3.05) is 13.2 Å². The zero-order valence-electron chi connectivity index (χ0n) is 8.07. The van der Waals surface area contributed by atoms with Gasteiger partial charge in [0.25, 0.3) is 0 Å². The molecule has 2 rings (SSSR count). The number of halogens is 1. The number of epoxide rings is 1. The van der Waals surface area contributed by atoms with Gasteiger partial charge in [-0.15, -0.1) is 0 Å². The first-order valence-electron chi connectivity index (χ1n) is 4.74. The summed E-state index contributed by atoms with van der Waals surface area (Å²) in [5.74, 6) is 0. The Morgan fingerprint density at radius 3 is 2.71 bits per heavy atom. The molecule has 1 saturated heterocycles. The Hall–Kier alpha value is -0.570. The lowest BCUT2D eigenvalue weighted by atomic mass is 10.1. The van der Waals surface area contributed by atoms with Gasteiger partial charge >= 0.3 is 0 Å². The molecule has 0 unspecified atom stereocenters. The standard InChI is InChI=1S/C11H13ClO2/c1-8(13-6-11-7-14-11)9-2-4-10(12)5-3-9/h2-5,8,11H,6-7H2,1H3/t8-,11-/m0/s1. The highest BCUT2D eigenvalue weighted by Crippen LogP contribution is 2.21. The number of ether oxygens (including phenoxy) is 2. The van der Waals surface area contributed by atoms with E-state index in [0.29, 0.717) is 12.7 Å². The minimum absolute atomic E-state index is 0.108. The molecule has 1 aliphatic rings. The molecule has 0 bridgehead atoms. The van der Waals surface area contributed by atoms with E-state index in [1.54, 1.807) is 0 Å². The molecule has 0 radical (unpaired) electrons. The summed E-state index contributed by atoms with van der Waals surface area (Å²) >= 11 is 5.79. The van der Waals surface area contributed by atoms with Crippen LogP contribution in [-0.2, 0) is 9.47 Å². The minimum Gasteiger partial charge on any atom is -0.371 e. The summed E-state index contributed by atoms with van der Waals surface area (Å²) in [6.45, 7) is 3.56. The predicted molar refractivity (Wildman–Crippen MR) is 55.6 cm³/mol. The Labute approximate surface area is 88.8 Å². The summed E-state index contributed by atoms with van der Waals surface area (Å²) in [5, 5.41) is 0.756. The first-order chi connectivity index (χ1) is 6.75. The molecule has 3 heteroatoms. The van der Waals surface area contributed by atoms with Crippen molar-refractivity contribution in [3.8, 4) is 0 Å². The second-order valence-electron chi connectivity index (χ2n) is 3.48. The van der Waals surface area contributed by atoms with Gasteiger partial charge in [0.1, 0.15) is 6.10 Å². The highest BCUT2D eigenvalue weighted by molar-refractivity contribution is 6.30. The van der Waals surface area contributed by atoms with Gasteiger partial charge in [-0.05, 0) is 24.6 Å². The molecule has 2 atom stereocenters. The van der Waals surface area contributed by atoms with Gasteiger partial charge in [0.15, 0.2) is 0 Å². The van der Waals surface area contributed by atoms with Crippen molar-refractivity contribution >= 4 is 11.6 Å². The van der Waals surface area contributed by atoms with Crippen LogP contribution < -0.4 is 0 Å². The Morgan fingerprint density at radius 1 is 1.50 bits per heavy atom. The van der Waals surface area contributed by atoms with Gasteiger partial charge in [0, 0.05) is 5.02 Å². The first-order valence-corrected chi connectivity index (χ1v) is 5.12. The summed E-state index contributed by atoms with van der Waals surface area (Å²) in [6.07, 6.45) is 0.432. The SMILES string of the molecule is C[C@H](OC[C@H]1CO1)c1ccc(Cl)cc1. The number of rotatable bonds is 4. The Balaban J connectivity index is 1.88. The molecule has 0 spiro atoms. The van der Waals surface area contributed by atoms with E-state index in [1.165, 1.54) is 0 Å². The molecule has 0 amide bonds. The monoisotopic (exact) mass is 212 g/mol. The van der Waals surface area contributed by atoms with Gasteiger partial charge in [-0.2, -0.15) is 0 Å². The molecule has 1 aromatic rings. The molecule has 0 aromatic heterocycles. The fourth-order valence-electron chi connectivity index (χ4n) is 1.25. The maximum Gasteiger partial charge on any atom is 0.104 e. The Kier molecular flexibility index (Phi) is 3.06. The first kappa shape index (κ1) is 9.97. The molecule has 76 valence electrons. The maximum atomic E-state index is 5.79. The molecule has 1 aliphatic heterocycles. The topological polar surface area (TPSA) is 21.8 Å². The average Bonchev–Trinajstić information content (AvgIpc) is 2.99. The van der Waals surface area contributed by atoms with Crippen LogP contribution >= 0.6 is 11.6 Å². The zero-order valence-corrected chi connectivity index (χ0v) is 8.83. The molecule has 0 saturated carbocycles. The van der Waals surface area contributed by atoms with E-state index in [2.05, 4.69) is 0 Å². The van der Waals surface area contributed by atoms with Crippen LogP contribution in [0.3, 0.4) is 0 Å². The molecular formula is C11H13ClO2. The molecule has 1 fully saturated rings. The van der Waals surface area contributed by atoms with E-state index < -0.39 is 0 Å². The lowest BCUT2D eigenvalue weighted by molar-refractivity contribution is 0.0540. The van der Waals surface area contributed by atoms with Crippen molar-refractivity contribution in [1.82, 2.24) is 0 Å². The second kappa shape index (κ2) is 4.30. The van der Waals surface area contributed by atoms with Gasteiger partial charge in [0.05, 0.1) is 19.3 Å². The molecule has 0 N–H and O–H groups in total. The van der Waals surface area contributed by atoms with E-state index in [-0.39, 0.29) is 6.10 Å². The molecule has 1 aromatic carbocycles. The summed E-state index contributed by atoms with van der Waals surface area (Å²) < 4.78 is 10.7. The van der Waals surface area contributed by atoms with Crippen LogP contribution in [-0.4, -0.2) is 19.3 Å². The average molecular weight is 213 g/mol. The quantitative estimate of drug-likeness (QED) is 0.716. The second-order valence-corrected chi connectivity index (χ2v) is 3.92. The molecular weight excluding hydrogens is 200 g/mol. The highest BCUT2D eigenvalue weighted by atomic mass is 35.5. The molecule has 14 heavy (non-hydrogen) atoms. The number of benzene rings is 1. The zero-order chi connectivity index (χ0) is 9.97. The van der Waals surface area contributed by atoms with Crippen molar-refractivity contribution < 1.29 is 9.47 Å². The summed E-state index contributed by atoms with van der Waals surface area (Å²) in [4.78, 5) is 0. The van der Waals surface area contributed by atoms with Gasteiger partial charge in [0.2, 0.25) is 0 Å². The fourth-order valence-corrected chi connectivity index (χ4v) is 1.37. The van der Waals surface area contributed by atoms with Crippen LogP contribution in [0.15, 0.2) is 24.3 Å². The van der Waals surface area contributed by atoms with Crippen LogP contribution in [0.5, 0.6) is 0 Å². The van der Waals surface area contributed by atoms with Crippen molar-refractivity contribution in [1.29, 1.82) is 0 Å². The van der Waals surface area contributed by atoms with Crippen molar-refractivity contribution in [2.24, 2.45) is 0 Å². The maximum absolute atomic E-state index is 5.79. The third-order valence-corrected chi connectivity index (χ3v) is 2.53. The van der Waals surface area contributed by atoms with Crippen molar-refractivity contribution in [3.05, 3.63) is 34.9 Å². The van der Waals surface area contributed by atoms with Gasteiger partial charge in [-0.1, -0.05) is 23.7 Å². The third kappa shape index (κ3) is 2.71.